The van der Waals surface area contributed by atoms with Crippen LogP contribution in [0.5, 0.6) is 0 Å². The van der Waals surface area contributed by atoms with Crippen molar-refractivity contribution in [2.75, 3.05) is 25.1 Å². The first-order valence-corrected chi connectivity index (χ1v) is 9.29. The highest BCUT2D eigenvalue weighted by atomic mass is 79.9. The Kier molecular flexibility index (Phi) is 6.04. The van der Waals surface area contributed by atoms with E-state index >= 15 is 0 Å². The van der Waals surface area contributed by atoms with Crippen molar-refractivity contribution >= 4 is 27.5 Å². The van der Waals surface area contributed by atoms with E-state index in [1.165, 1.54) is 0 Å². The lowest BCUT2D eigenvalue weighted by Crippen LogP contribution is -2.49. The van der Waals surface area contributed by atoms with Crippen molar-refractivity contribution in [3.63, 3.8) is 0 Å². The van der Waals surface area contributed by atoms with Crippen molar-refractivity contribution in [2.45, 2.75) is 18.4 Å². The van der Waals surface area contributed by atoms with E-state index in [9.17, 15) is 4.79 Å². The van der Waals surface area contributed by atoms with Crippen LogP contribution in [0.1, 0.15) is 24.0 Å². The highest BCUT2D eigenvalue weighted by Gasteiger charge is 2.34. The third-order valence-electron chi connectivity index (χ3n) is 4.59. The number of halogens is 1. The minimum absolute atomic E-state index is 0.138. The number of anilines is 1. The number of benzene rings is 2. The van der Waals surface area contributed by atoms with Gasteiger partial charge in [-0.1, -0.05) is 34.1 Å². The first-order valence-electron chi connectivity index (χ1n) is 8.50. The van der Waals surface area contributed by atoms with Gasteiger partial charge in [0.2, 0.25) is 5.91 Å². The molecule has 0 aliphatic carbocycles. The monoisotopic (exact) mass is 413 g/mol. The second-order valence-corrected chi connectivity index (χ2v) is 7.21. The molecule has 5 nitrogen and oxygen atoms in total. The van der Waals surface area contributed by atoms with Crippen LogP contribution in [0.15, 0.2) is 53.0 Å². The van der Waals surface area contributed by atoms with Crippen molar-refractivity contribution in [1.29, 1.82) is 5.26 Å². The zero-order valence-electron chi connectivity index (χ0n) is 14.3. The molecule has 6 heteroatoms. The largest absolute Gasteiger partial charge is 0.381 e. The summed E-state index contributed by atoms with van der Waals surface area (Å²) in [5.41, 5.74) is 2.01. The molecular weight excluding hydrogens is 394 g/mol. The zero-order valence-corrected chi connectivity index (χ0v) is 15.9. The Labute approximate surface area is 161 Å². The van der Waals surface area contributed by atoms with Crippen LogP contribution in [0.2, 0.25) is 0 Å². The molecule has 0 saturated carbocycles. The first-order chi connectivity index (χ1) is 12.6. The van der Waals surface area contributed by atoms with Crippen LogP contribution in [0.25, 0.3) is 0 Å². The molecule has 1 fully saturated rings. The van der Waals surface area contributed by atoms with E-state index in [0.29, 0.717) is 24.5 Å². The van der Waals surface area contributed by atoms with Gasteiger partial charge in [0.15, 0.2) is 0 Å². The normalized spacial score (nSPS) is 15.8. The molecule has 0 unspecified atom stereocenters. The molecule has 0 bridgehead atoms. The van der Waals surface area contributed by atoms with Crippen LogP contribution in [0.3, 0.4) is 0 Å². The minimum Gasteiger partial charge on any atom is -0.381 e. The van der Waals surface area contributed by atoms with Crippen molar-refractivity contribution < 1.29 is 9.53 Å². The number of carbonyl (C=O) groups excluding carboxylic acids is 1. The van der Waals surface area contributed by atoms with E-state index in [1.807, 2.05) is 12.1 Å². The fourth-order valence-electron chi connectivity index (χ4n) is 3.19. The zero-order chi connectivity index (χ0) is 18.4. The molecule has 0 atom stereocenters. The molecule has 0 spiro atoms. The van der Waals surface area contributed by atoms with Crippen LogP contribution >= 0.6 is 15.9 Å². The van der Waals surface area contributed by atoms with E-state index in [2.05, 4.69) is 44.8 Å². The number of carbonyl (C=O) groups is 1. The van der Waals surface area contributed by atoms with Crippen LogP contribution in [-0.2, 0) is 15.1 Å². The van der Waals surface area contributed by atoms with Crippen molar-refractivity contribution in [2.24, 2.45) is 0 Å². The van der Waals surface area contributed by atoms with Crippen LogP contribution in [-0.4, -0.2) is 25.7 Å². The summed E-state index contributed by atoms with van der Waals surface area (Å²) >= 11 is 3.53. The molecule has 2 aromatic carbocycles. The smallest absolute Gasteiger partial charge is 0.238 e. The molecule has 1 aliphatic rings. The van der Waals surface area contributed by atoms with E-state index in [4.69, 9.17) is 10.00 Å². The lowest BCUT2D eigenvalue weighted by Gasteiger charge is -2.38. The summed E-state index contributed by atoms with van der Waals surface area (Å²) in [6.07, 6.45) is 1.61. The van der Waals surface area contributed by atoms with E-state index in [1.54, 1.807) is 24.3 Å². The highest BCUT2D eigenvalue weighted by molar-refractivity contribution is 9.10. The van der Waals surface area contributed by atoms with Crippen LogP contribution in [0.4, 0.5) is 5.69 Å². The number of ether oxygens (including phenoxy) is 1. The Morgan fingerprint density at radius 2 is 1.96 bits per heavy atom. The van der Waals surface area contributed by atoms with Gasteiger partial charge in [0.1, 0.15) is 0 Å². The average Bonchev–Trinajstić information content (AvgIpc) is 2.67. The SMILES string of the molecule is N#Cc1cccc(NC(=O)CNC2(c3cccc(Br)c3)CCOCC2)c1. The second kappa shape index (κ2) is 8.45. The van der Waals surface area contributed by atoms with Gasteiger partial charge in [-0.3, -0.25) is 10.1 Å². The number of amides is 1. The maximum atomic E-state index is 12.4. The molecule has 1 saturated heterocycles. The van der Waals surface area contributed by atoms with Crippen LogP contribution in [0, 0.1) is 11.3 Å². The Hall–Kier alpha value is -2.20. The van der Waals surface area contributed by atoms with E-state index in [0.717, 1.165) is 22.9 Å². The van der Waals surface area contributed by atoms with Gasteiger partial charge in [0, 0.05) is 28.9 Å². The summed E-state index contributed by atoms with van der Waals surface area (Å²) in [4.78, 5) is 12.4. The predicted molar refractivity (Wildman–Crippen MR) is 104 cm³/mol. The van der Waals surface area contributed by atoms with Gasteiger partial charge in [-0.15, -0.1) is 0 Å². The third kappa shape index (κ3) is 4.50. The topological polar surface area (TPSA) is 74.2 Å². The predicted octanol–water partition coefficient (Wildman–Crippen LogP) is 3.55. The minimum atomic E-state index is -0.284. The lowest BCUT2D eigenvalue weighted by atomic mass is 9.82. The molecular formula is C20H20BrN3O2. The Bertz CT molecular complexity index is 826. The molecule has 2 N–H and O–H groups in total. The number of nitrogens with one attached hydrogen (secondary N) is 2. The van der Waals surface area contributed by atoms with Gasteiger partial charge < -0.3 is 10.1 Å². The number of hydrogen-bond donors (Lipinski definition) is 2. The van der Waals surface area contributed by atoms with Crippen molar-refractivity contribution in [1.82, 2.24) is 5.32 Å². The Morgan fingerprint density at radius 1 is 1.19 bits per heavy atom. The average molecular weight is 414 g/mol. The number of nitriles is 1. The fraction of sp³-hybridized carbons (Fsp3) is 0.300. The van der Waals surface area contributed by atoms with E-state index < -0.39 is 0 Å². The highest BCUT2D eigenvalue weighted by Crippen LogP contribution is 2.33. The summed E-state index contributed by atoms with van der Waals surface area (Å²) in [5.74, 6) is -0.138. The quantitative estimate of drug-likeness (QED) is 0.785. The molecule has 1 amide bonds. The molecule has 26 heavy (non-hydrogen) atoms. The summed E-state index contributed by atoms with van der Waals surface area (Å²) in [6.45, 7) is 1.50. The molecule has 0 aromatic heterocycles. The van der Waals surface area contributed by atoms with Crippen molar-refractivity contribution in [3.05, 3.63) is 64.1 Å². The summed E-state index contributed by atoms with van der Waals surface area (Å²) in [7, 11) is 0. The standard InChI is InChI=1S/C20H20BrN3O2/c21-17-5-2-4-16(12-17)20(7-9-26-10-8-20)23-14-19(25)24-18-6-1-3-15(11-18)13-22/h1-6,11-12,23H,7-10,14H2,(H,24,25). The van der Waals surface area contributed by atoms with Gasteiger partial charge in [-0.2, -0.15) is 5.26 Å². The summed E-state index contributed by atoms with van der Waals surface area (Å²) in [5, 5.41) is 15.3. The third-order valence-corrected chi connectivity index (χ3v) is 5.08. The lowest BCUT2D eigenvalue weighted by molar-refractivity contribution is -0.116. The van der Waals surface area contributed by atoms with E-state index in [-0.39, 0.29) is 18.0 Å². The molecule has 1 heterocycles. The maximum Gasteiger partial charge on any atom is 0.238 e. The molecule has 3 rings (SSSR count). The second-order valence-electron chi connectivity index (χ2n) is 6.30. The van der Waals surface area contributed by atoms with Gasteiger partial charge >= 0.3 is 0 Å². The van der Waals surface area contributed by atoms with Crippen LogP contribution < -0.4 is 10.6 Å². The maximum absolute atomic E-state index is 12.4. The fourth-order valence-corrected chi connectivity index (χ4v) is 3.59. The summed E-state index contributed by atoms with van der Waals surface area (Å²) in [6, 6.07) is 17.1. The molecule has 1 aliphatic heterocycles. The summed E-state index contributed by atoms with van der Waals surface area (Å²) < 4.78 is 6.54. The number of nitrogens with zero attached hydrogens (tertiary/aromatic N) is 1. The Balaban J connectivity index is 1.70. The molecule has 0 radical (unpaired) electrons. The van der Waals surface area contributed by atoms with Gasteiger partial charge in [-0.05, 0) is 48.7 Å². The number of hydrogen-bond acceptors (Lipinski definition) is 4. The first kappa shape index (κ1) is 18.6. The van der Waals surface area contributed by atoms with Gasteiger partial charge in [-0.25, -0.2) is 0 Å². The van der Waals surface area contributed by atoms with Crippen molar-refractivity contribution in [3.8, 4) is 6.07 Å². The molecule has 134 valence electrons. The van der Waals surface area contributed by atoms with Gasteiger partial charge in [0.05, 0.1) is 18.2 Å². The van der Waals surface area contributed by atoms with Gasteiger partial charge in [0.25, 0.3) is 0 Å². The number of rotatable bonds is 5. The Morgan fingerprint density at radius 3 is 2.69 bits per heavy atom. The molecule has 2 aromatic rings.